The highest BCUT2D eigenvalue weighted by atomic mass is 16.2. The Balaban J connectivity index is 2.21. The molecular formula is C13H27N3O. The second kappa shape index (κ2) is 6.36. The Labute approximate surface area is 105 Å². The largest absolute Gasteiger partial charge is 0.359 e. The van der Waals surface area contributed by atoms with E-state index in [0.717, 1.165) is 19.0 Å². The van der Waals surface area contributed by atoms with Crippen molar-refractivity contribution < 1.29 is 4.79 Å². The van der Waals surface area contributed by atoms with Crippen molar-refractivity contribution in [2.75, 3.05) is 40.3 Å². The van der Waals surface area contributed by atoms with Gasteiger partial charge in [-0.2, -0.15) is 0 Å². The molecule has 1 aliphatic heterocycles. The van der Waals surface area contributed by atoms with Gasteiger partial charge < -0.3 is 15.5 Å². The number of carbonyl (C=O) groups excluding carboxylic acids is 1. The Morgan fingerprint density at radius 3 is 2.47 bits per heavy atom. The first-order chi connectivity index (χ1) is 7.95. The third-order valence-electron chi connectivity index (χ3n) is 3.68. The SMILES string of the molecule is CNC(=O)C(C)(C)CNCC1CCN(C)CC1. The van der Waals surface area contributed by atoms with E-state index in [1.807, 2.05) is 13.8 Å². The lowest BCUT2D eigenvalue weighted by Gasteiger charge is -2.30. The van der Waals surface area contributed by atoms with Crippen molar-refractivity contribution in [3.63, 3.8) is 0 Å². The Kier molecular flexibility index (Phi) is 5.40. The fourth-order valence-electron chi connectivity index (χ4n) is 2.27. The lowest BCUT2D eigenvalue weighted by molar-refractivity contribution is -0.128. The van der Waals surface area contributed by atoms with Crippen LogP contribution in [0, 0.1) is 11.3 Å². The highest BCUT2D eigenvalue weighted by Gasteiger charge is 2.26. The number of hydrogen-bond donors (Lipinski definition) is 2. The van der Waals surface area contributed by atoms with Crippen molar-refractivity contribution >= 4 is 5.91 Å². The maximum absolute atomic E-state index is 11.6. The molecule has 0 aromatic carbocycles. The van der Waals surface area contributed by atoms with Crippen molar-refractivity contribution in [2.24, 2.45) is 11.3 Å². The fourth-order valence-corrected chi connectivity index (χ4v) is 2.27. The van der Waals surface area contributed by atoms with Crippen molar-refractivity contribution in [2.45, 2.75) is 26.7 Å². The van der Waals surface area contributed by atoms with Crippen LogP contribution in [0.3, 0.4) is 0 Å². The summed E-state index contributed by atoms with van der Waals surface area (Å²) in [6.45, 7) is 8.14. The van der Waals surface area contributed by atoms with E-state index in [0.29, 0.717) is 0 Å². The first-order valence-corrected chi connectivity index (χ1v) is 6.57. The zero-order chi connectivity index (χ0) is 12.9. The molecule has 100 valence electrons. The smallest absolute Gasteiger partial charge is 0.226 e. The van der Waals surface area contributed by atoms with E-state index in [4.69, 9.17) is 0 Å². The van der Waals surface area contributed by atoms with Crippen molar-refractivity contribution in [1.29, 1.82) is 0 Å². The Hall–Kier alpha value is -0.610. The van der Waals surface area contributed by atoms with Crippen LogP contribution in [-0.4, -0.2) is 51.1 Å². The van der Waals surface area contributed by atoms with Crippen LogP contribution < -0.4 is 10.6 Å². The first-order valence-electron chi connectivity index (χ1n) is 6.57. The topological polar surface area (TPSA) is 44.4 Å². The highest BCUT2D eigenvalue weighted by Crippen LogP contribution is 2.16. The van der Waals surface area contributed by atoms with Gasteiger partial charge in [0.05, 0.1) is 5.41 Å². The summed E-state index contributed by atoms with van der Waals surface area (Å²) in [7, 11) is 3.87. The summed E-state index contributed by atoms with van der Waals surface area (Å²) >= 11 is 0. The lowest BCUT2D eigenvalue weighted by atomic mass is 9.91. The van der Waals surface area contributed by atoms with E-state index in [1.54, 1.807) is 7.05 Å². The van der Waals surface area contributed by atoms with Gasteiger partial charge in [-0.25, -0.2) is 0 Å². The Bertz CT molecular complexity index is 245. The molecule has 0 radical (unpaired) electrons. The predicted molar refractivity (Wildman–Crippen MR) is 70.9 cm³/mol. The average molecular weight is 241 g/mol. The van der Waals surface area contributed by atoms with E-state index in [-0.39, 0.29) is 11.3 Å². The van der Waals surface area contributed by atoms with Crippen LogP contribution in [0.4, 0.5) is 0 Å². The molecule has 0 saturated carbocycles. The van der Waals surface area contributed by atoms with Gasteiger partial charge in [0.1, 0.15) is 0 Å². The van der Waals surface area contributed by atoms with Crippen molar-refractivity contribution in [3.05, 3.63) is 0 Å². The molecular weight excluding hydrogens is 214 g/mol. The van der Waals surface area contributed by atoms with Crippen LogP contribution in [-0.2, 0) is 4.79 Å². The number of nitrogens with one attached hydrogen (secondary N) is 2. The van der Waals surface area contributed by atoms with E-state index in [2.05, 4.69) is 22.6 Å². The third kappa shape index (κ3) is 4.64. The van der Waals surface area contributed by atoms with Gasteiger partial charge >= 0.3 is 0 Å². The van der Waals surface area contributed by atoms with Gasteiger partial charge in [-0.1, -0.05) is 0 Å². The summed E-state index contributed by atoms with van der Waals surface area (Å²) in [4.78, 5) is 14.0. The van der Waals surface area contributed by atoms with Crippen LogP contribution in [0.2, 0.25) is 0 Å². The van der Waals surface area contributed by atoms with Crippen molar-refractivity contribution in [3.8, 4) is 0 Å². The molecule has 0 atom stereocenters. The number of amides is 1. The number of carbonyl (C=O) groups is 1. The minimum absolute atomic E-state index is 0.105. The molecule has 1 fully saturated rings. The molecule has 1 aliphatic rings. The molecule has 0 unspecified atom stereocenters. The van der Waals surface area contributed by atoms with E-state index >= 15 is 0 Å². The molecule has 0 aromatic heterocycles. The summed E-state index contributed by atoms with van der Waals surface area (Å²) in [6, 6.07) is 0. The summed E-state index contributed by atoms with van der Waals surface area (Å²) < 4.78 is 0. The standard InChI is InChI=1S/C13H27N3O/c1-13(2,12(17)14-3)10-15-9-11-5-7-16(4)8-6-11/h11,15H,5-10H2,1-4H3,(H,14,17). The maximum Gasteiger partial charge on any atom is 0.226 e. The molecule has 0 aliphatic carbocycles. The second-order valence-corrected chi connectivity index (χ2v) is 5.84. The molecule has 1 heterocycles. The van der Waals surface area contributed by atoms with Crippen LogP contribution in [0.25, 0.3) is 0 Å². The third-order valence-corrected chi connectivity index (χ3v) is 3.68. The number of likely N-dealkylation sites (tertiary alicyclic amines) is 1. The van der Waals surface area contributed by atoms with Gasteiger partial charge in [-0.3, -0.25) is 4.79 Å². The van der Waals surface area contributed by atoms with Crippen LogP contribution in [0.1, 0.15) is 26.7 Å². The van der Waals surface area contributed by atoms with Crippen LogP contribution in [0.5, 0.6) is 0 Å². The molecule has 0 bridgehead atoms. The summed E-state index contributed by atoms with van der Waals surface area (Å²) in [5.41, 5.74) is -0.319. The zero-order valence-corrected chi connectivity index (χ0v) is 11.7. The number of piperidine rings is 1. The quantitative estimate of drug-likeness (QED) is 0.744. The summed E-state index contributed by atoms with van der Waals surface area (Å²) in [6.07, 6.45) is 2.54. The Morgan fingerprint density at radius 1 is 1.35 bits per heavy atom. The molecule has 4 heteroatoms. The summed E-state index contributed by atoms with van der Waals surface area (Å²) in [5.74, 6) is 0.875. The number of hydrogen-bond acceptors (Lipinski definition) is 3. The molecule has 4 nitrogen and oxygen atoms in total. The molecule has 2 N–H and O–H groups in total. The van der Waals surface area contributed by atoms with E-state index < -0.39 is 0 Å². The van der Waals surface area contributed by atoms with Crippen LogP contribution >= 0.6 is 0 Å². The molecule has 1 amide bonds. The van der Waals surface area contributed by atoms with Crippen LogP contribution in [0.15, 0.2) is 0 Å². The van der Waals surface area contributed by atoms with Gasteiger partial charge in [0, 0.05) is 13.6 Å². The van der Waals surface area contributed by atoms with Gasteiger partial charge in [-0.15, -0.1) is 0 Å². The predicted octanol–water partition coefficient (Wildman–Crippen LogP) is 0.690. The van der Waals surface area contributed by atoms with E-state index in [9.17, 15) is 4.79 Å². The minimum Gasteiger partial charge on any atom is -0.359 e. The second-order valence-electron chi connectivity index (χ2n) is 5.84. The summed E-state index contributed by atoms with van der Waals surface area (Å²) in [5, 5.41) is 6.16. The van der Waals surface area contributed by atoms with Gasteiger partial charge in [0.2, 0.25) is 5.91 Å². The minimum atomic E-state index is -0.319. The molecule has 1 rings (SSSR count). The fraction of sp³-hybridized carbons (Fsp3) is 0.923. The van der Waals surface area contributed by atoms with Crippen molar-refractivity contribution in [1.82, 2.24) is 15.5 Å². The normalized spacial score (nSPS) is 19.3. The first kappa shape index (κ1) is 14.5. The van der Waals surface area contributed by atoms with E-state index in [1.165, 1.54) is 25.9 Å². The maximum atomic E-state index is 11.6. The van der Waals surface area contributed by atoms with Gasteiger partial charge in [0.25, 0.3) is 0 Å². The number of nitrogens with zero attached hydrogens (tertiary/aromatic N) is 1. The molecule has 17 heavy (non-hydrogen) atoms. The lowest BCUT2D eigenvalue weighted by Crippen LogP contribution is -2.44. The average Bonchev–Trinajstić information content (AvgIpc) is 2.30. The van der Waals surface area contributed by atoms with Gasteiger partial charge in [0.15, 0.2) is 0 Å². The molecule has 0 aromatic rings. The molecule has 1 saturated heterocycles. The zero-order valence-electron chi connectivity index (χ0n) is 11.7. The monoisotopic (exact) mass is 241 g/mol. The Morgan fingerprint density at radius 2 is 1.94 bits per heavy atom. The van der Waals surface area contributed by atoms with Gasteiger partial charge in [-0.05, 0) is 59.3 Å². The molecule has 0 spiro atoms. The number of rotatable bonds is 5. The highest BCUT2D eigenvalue weighted by molar-refractivity contribution is 5.81.